The second kappa shape index (κ2) is 6.02. The maximum absolute atomic E-state index is 10.9. The molecule has 1 unspecified atom stereocenters. The van der Waals surface area contributed by atoms with E-state index in [4.69, 9.17) is 5.73 Å². The molecule has 1 atom stereocenters. The van der Waals surface area contributed by atoms with Gasteiger partial charge >= 0.3 is 0 Å². The summed E-state index contributed by atoms with van der Waals surface area (Å²) in [7, 11) is 0. The van der Waals surface area contributed by atoms with Crippen LogP contribution in [-0.2, 0) is 4.79 Å². The first-order chi connectivity index (χ1) is 6.72. The predicted octanol–water partition coefficient (Wildman–Crippen LogP) is 1.42. The summed E-state index contributed by atoms with van der Waals surface area (Å²) < 4.78 is 0. The molecule has 82 valence electrons. The van der Waals surface area contributed by atoms with E-state index in [1.165, 1.54) is 32.1 Å². The van der Waals surface area contributed by atoms with Crippen LogP contribution in [0.1, 0.15) is 45.4 Å². The Labute approximate surface area is 86.4 Å². The number of hydrogen-bond acceptors (Lipinski definition) is 2. The fourth-order valence-electron chi connectivity index (χ4n) is 2.33. The van der Waals surface area contributed by atoms with Crippen LogP contribution >= 0.6 is 0 Å². The molecular formula is C11H22N2O. The Morgan fingerprint density at radius 2 is 2.07 bits per heavy atom. The normalized spacial score (nSPS) is 20.4. The van der Waals surface area contributed by atoms with E-state index in [1.54, 1.807) is 6.92 Å². The number of nitrogens with one attached hydrogen (secondary N) is 1. The van der Waals surface area contributed by atoms with Crippen LogP contribution in [0.2, 0.25) is 0 Å². The fourth-order valence-corrected chi connectivity index (χ4v) is 2.33. The van der Waals surface area contributed by atoms with Gasteiger partial charge in [-0.2, -0.15) is 0 Å². The number of rotatable bonds is 4. The third kappa shape index (κ3) is 4.09. The summed E-state index contributed by atoms with van der Waals surface area (Å²) >= 11 is 0. The summed E-state index contributed by atoms with van der Waals surface area (Å²) in [6.07, 6.45) is 7.77. The fraction of sp³-hybridized carbons (Fsp3) is 0.909. The molecule has 0 radical (unpaired) electrons. The molecule has 1 aliphatic carbocycles. The van der Waals surface area contributed by atoms with Gasteiger partial charge in [-0.25, -0.2) is 0 Å². The van der Waals surface area contributed by atoms with Crippen molar-refractivity contribution in [2.75, 3.05) is 6.54 Å². The van der Waals surface area contributed by atoms with Gasteiger partial charge in [0.2, 0.25) is 5.91 Å². The quantitative estimate of drug-likeness (QED) is 0.718. The Kier molecular flexibility index (Phi) is 4.94. The standard InChI is InChI=1S/C11H22N2O/c1-9(14)13-11(8-12)7-10-5-3-2-4-6-10/h10-11H,2-8,12H2,1H3,(H,13,14). The lowest BCUT2D eigenvalue weighted by molar-refractivity contribution is -0.119. The van der Waals surface area contributed by atoms with E-state index in [1.807, 2.05) is 0 Å². The van der Waals surface area contributed by atoms with Crippen molar-refractivity contribution in [1.82, 2.24) is 5.32 Å². The van der Waals surface area contributed by atoms with Gasteiger partial charge in [0.25, 0.3) is 0 Å². The molecule has 3 heteroatoms. The van der Waals surface area contributed by atoms with Gasteiger partial charge in [0.1, 0.15) is 0 Å². The summed E-state index contributed by atoms with van der Waals surface area (Å²) in [5.74, 6) is 0.820. The van der Waals surface area contributed by atoms with Crippen molar-refractivity contribution in [3.63, 3.8) is 0 Å². The molecule has 0 aromatic carbocycles. The van der Waals surface area contributed by atoms with Gasteiger partial charge in [-0.3, -0.25) is 4.79 Å². The van der Waals surface area contributed by atoms with Crippen molar-refractivity contribution >= 4 is 5.91 Å². The zero-order valence-electron chi connectivity index (χ0n) is 9.09. The highest BCUT2D eigenvalue weighted by Crippen LogP contribution is 2.27. The summed E-state index contributed by atoms with van der Waals surface area (Å²) in [4.78, 5) is 10.9. The summed E-state index contributed by atoms with van der Waals surface area (Å²) in [6.45, 7) is 2.12. The third-order valence-corrected chi connectivity index (χ3v) is 3.03. The van der Waals surface area contributed by atoms with Crippen molar-refractivity contribution < 1.29 is 4.79 Å². The van der Waals surface area contributed by atoms with E-state index >= 15 is 0 Å². The van der Waals surface area contributed by atoms with E-state index in [-0.39, 0.29) is 11.9 Å². The molecule has 3 N–H and O–H groups in total. The van der Waals surface area contributed by atoms with Crippen LogP contribution < -0.4 is 11.1 Å². The Hall–Kier alpha value is -0.570. The van der Waals surface area contributed by atoms with E-state index < -0.39 is 0 Å². The number of carbonyl (C=O) groups is 1. The summed E-state index contributed by atoms with van der Waals surface area (Å²) in [5, 5.41) is 2.91. The Bertz CT molecular complexity index is 176. The molecule has 1 fully saturated rings. The SMILES string of the molecule is CC(=O)NC(CN)CC1CCCCC1. The molecule has 1 rings (SSSR count). The topological polar surface area (TPSA) is 55.1 Å². The average Bonchev–Trinajstić information content (AvgIpc) is 2.17. The van der Waals surface area contributed by atoms with Crippen LogP contribution in [0.25, 0.3) is 0 Å². The van der Waals surface area contributed by atoms with Crippen LogP contribution in [0.15, 0.2) is 0 Å². The van der Waals surface area contributed by atoms with Gasteiger partial charge in [-0.1, -0.05) is 32.1 Å². The highest BCUT2D eigenvalue weighted by Gasteiger charge is 2.18. The molecule has 1 aliphatic rings. The molecule has 0 aliphatic heterocycles. The van der Waals surface area contributed by atoms with Crippen molar-refractivity contribution in [2.45, 2.75) is 51.5 Å². The molecule has 0 bridgehead atoms. The van der Waals surface area contributed by atoms with Gasteiger partial charge < -0.3 is 11.1 Å². The van der Waals surface area contributed by atoms with Crippen LogP contribution in [0, 0.1) is 5.92 Å². The zero-order valence-corrected chi connectivity index (χ0v) is 9.09. The summed E-state index contributed by atoms with van der Waals surface area (Å²) in [5.41, 5.74) is 5.62. The molecule has 0 heterocycles. The third-order valence-electron chi connectivity index (χ3n) is 3.03. The molecule has 1 saturated carbocycles. The summed E-state index contributed by atoms with van der Waals surface area (Å²) in [6, 6.07) is 0.190. The van der Waals surface area contributed by atoms with Gasteiger partial charge in [-0.15, -0.1) is 0 Å². The van der Waals surface area contributed by atoms with Gasteiger partial charge in [0, 0.05) is 19.5 Å². The molecule has 1 amide bonds. The smallest absolute Gasteiger partial charge is 0.217 e. The van der Waals surface area contributed by atoms with E-state index in [2.05, 4.69) is 5.32 Å². The second-order valence-electron chi connectivity index (χ2n) is 4.37. The first-order valence-electron chi connectivity index (χ1n) is 5.69. The number of amides is 1. The minimum Gasteiger partial charge on any atom is -0.352 e. The lowest BCUT2D eigenvalue weighted by Crippen LogP contribution is -2.40. The van der Waals surface area contributed by atoms with E-state index in [0.29, 0.717) is 6.54 Å². The van der Waals surface area contributed by atoms with Crippen LogP contribution in [0.4, 0.5) is 0 Å². The second-order valence-corrected chi connectivity index (χ2v) is 4.37. The molecule has 14 heavy (non-hydrogen) atoms. The predicted molar refractivity (Wildman–Crippen MR) is 57.9 cm³/mol. The minimum absolute atomic E-state index is 0.0382. The first-order valence-corrected chi connectivity index (χ1v) is 5.69. The highest BCUT2D eigenvalue weighted by molar-refractivity contribution is 5.73. The van der Waals surface area contributed by atoms with Crippen LogP contribution in [0.5, 0.6) is 0 Å². The maximum Gasteiger partial charge on any atom is 0.217 e. The van der Waals surface area contributed by atoms with Crippen molar-refractivity contribution in [3.8, 4) is 0 Å². The average molecular weight is 198 g/mol. The van der Waals surface area contributed by atoms with E-state index in [9.17, 15) is 4.79 Å². The number of nitrogens with two attached hydrogens (primary N) is 1. The van der Waals surface area contributed by atoms with Gasteiger partial charge in [0.05, 0.1) is 0 Å². The van der Waals surface area contributed by atoms with Crippen LogP contribution in [0.3, 0.4) is 0 Å². The highest BCUT2D eigenvalue weighted by atomic mass is 16.1. The Morgan fingerprint density at radius 3 is 2.57 bits per heavy atom. The Balaban J connectivity index is 2.27. The van der Waals surface area contributed by atoms with Gasteiger partial charge in [-0.05, 0) is 12.3 Å². The lowest BCUT2D eigenvalue weighted by Gasteiger charge is -2.26. The molecule has 0 spiro atoms. The zero-order chi connectivity index (χ0) is 10.4. The van der Waals surface area contributed by atoms with E-state index in [0.717, 1.165) is 12.3 Å². The minimum atomic E-state index is 0.0382. The van der Waals surface area contributed by atoms with Crippen molar-refractivity contribution in [2.24, 2.45) is 11.7 Å². The van der Waals surface area contributed by atoms with Crippen molar-refractivity contribution in [1.29, 1.82) is 0 Å². The molecule has 0 saturated heterocycles. The number of carbonyl (C=O) groups excluding carboxylic acids is 1. The number of hydrogen-bond donors (Lipinski definition) is 2. The van der Waals surface area contributed by atoms with Crippen molar-refractivity contribution in [3.05, 3.63) is 0 Å². The van der Waals surface area contributed by atoms with Crippen LogP contribution in [-0.4, -0.2) is 18.5 Å². The molecule has 0 aromatic heterocycles. The first kappa shape index (κ1) is 11.5. The molecule has 3 nitrogen and oxygen atoms in total. The largest absolute Gasteiger partial charge is 0.352 e. The Morgan fingerprint density at radius 1 is 1.43 bits per heavy atom. The molecular weight excluding hydrogens is 176 g/mol. The molecule has 0 aromatic rings. The monoisotopic (exact) mass is 198 g/mol. The lowest BCUT2D eigenvalue weighted by atomic mass is 9.85. The maximum atomic E-state index is 10.9. The van der Waals surface area contributed by atoms with Gasteiger partial charge in [0.15, 0.2) is 0 Å².